The number of carbonyl (C=O) groups is 1. The minimum atomic E-state index is 0.310. The van der Waals surface area contributed by atoms with Crippen LogP contribution in [0.1, 0.15) is 50.7 Å². The van der Waals surface area contributed by atoms with Crippen LogP contribution in [-0.4, -0.2) is 29.9 Å². The smallest absolute Gasteiger partial charge is 0.223 e. The number of furan rings is 1. The van der Waals surface area contributed by atoms with Crippen molar-refractivity contribution in [2.24, 2.45) is 5.92 Å². The Kier molecular flexibility index (Phi) is 4.96. The van der Waals surface area contributed by atoms with Crippen molar-refractivity contribution >= 4 is 5.91 Å². The molecule has 0 spiro atoms. The van der Waals surface area contributed by atoms with Crippen molar-refractivity contribution in [1.82, 2.24) is 10.2 Å². The maximum atomic E-state index is 12.7. The van der Waals surface area contributed by atoms with Crippen LogP contribution in [0.3, 0.4) is 0 Å². The Morgan fingerprint density at radius 1 is 1.33 bits per heavy atom. The minimum Gasteiger partial charge on any atom is -0.467 e. The molecule has 1 unspecified atom stereocenters. The lowest BCUT2D eigenvalue weighted by Gasteiger charge is -2.28. The first-order valence-electron chi connectivity index (χ1n) is 8.35. The Hall–Kier alpha value is -1.29. The van der Waals surface area contributed by atoms with Crippen LogP contribution < -0.4 is 5.32 Å². The largest absolute Gasteiger partial charge is 0.467 e. The Morgan fingerprint density at radius 3 is 2.86 bits per heavy atom. The number of nitrogens with one attached hydrogen (secondary N) is 1. The Balaban J connectivity index is 1.58. The fourth-order valence-electron chi connectivity index (χ4n) is 3.64. The normalized spacial score (nSPS) is 22.8. The summed E-state index contributed by atoms with van der Waals surface area (Å²) in [5.41, 5.74) is 0. The van der Waals surface area contributed by atoms with E-state index in [1.165, 1.54) is 19.3 Å². The van der Waals surface area contributed by atoms with Gasteiger partial charge in [-0.3, -0.25) is 4.79 Å². The van der Waals surface area contributed by atoms with Gasteiger partial charge in [0.2, 0.25) is 5.91 Å². The quantitative estimate of drug-likeness (QED) is 0.876. The molecule has 2 aliphatic rings. The van der Waals surface area contributed by atoms with Crippen molar-refractivity contribution < 1.29 is 9.21 Å². The van der Waals surface area contributed by atoms with Gasteiger partial charge in [-0.2, -0.15) is 0 Å². The van der Waals surface area contributed by atoms with E-state index in [2.05, 4.69) is 10.2 Å². The number of hydrogen-bond donors (Lipinski definition) is 1. The van der Waals surface area contributed by atoms with E-state index in [9.17, 15) is 4.79 Å². The highest BCUT2D eigenvalue weighted by Crippen LogP contribution is 2.26. The maximum absolute atomic E-state index is 12.7. The van der Waals surface area contributed by atoms with Crippen LogP contribution in [-0.2, 0) is 11.3 Å². The van der Waals surface area contributed by atoms with Gasteiger partial charge in [0, 0.05) is 12.5 Å². The SMILES string of the molecule is O=C(CCC1CCNC1)N(Cc1ccco1)C1CCCC1. The molecule has 3 rings (SSSR count). The second-order valence-corrected chi connectivity index (χ2v) is 6.44. The highest BCUT2D eigenvalue weighted by Gasteiger charge is 2.28. The third-order valence-corrected chi connectivity index (χ3v) is 4.92. The lowest BCUT2D eigenvalue weighted by molar-refractivity contribution is -0.134. The van der Waals surface area contributed by atoms with Crippen LogP contribution in [0, 0.1) is 5.92 Å². The van der Waals surface area contributed by atoms with Gasteiger partial charge in [-0.1, -0.05) is 12.8 Å². The first-order valence-corrected chi connectivity index (χ1v) is 8.35. The number of nitrogens with zero attached hydrogens (tertiary/aromatic N) is 1. The Bertz CT molecular complexity index is 432. The van der Waals surface area contributed by atoms with Crippen molar-refractivity contribution in [2.45, 2.75) is 57.5 Å². The van der Waals surface area contributed by atoms with Gasteiger partial charge in [-0.25, -0.2) is 0 Å². The zero-order valence-corrected chi connectivity index (χ0v) is 12.7. The zero-order valence-electron chi connectivity index (χ0n) is 12.7. The number of amides is 1. The van der Waals surface area contributed by atoms with Crippen LogP contribution in [0.25, 0.3) is 0 Å². The van der Waals surface area contributed by atoms with Crippen molar-refractivity contribution in [3.63, 3.8) is 0 Å². The molecule has 1 saturated carbocycles. The molecular formula is C17H26N2O2. The first kappa shape index (κ1) is 14.6. The maximum Gasteiger partial charge on any atom is 0.223 e. The molecule has 4 nitrogen and oxygen atoms in total. The second kappa shape index (κ2) is 7.12. The van der Waals surface area contributed by atoms with Gasteiger partial charge in [0.05, 0.1) is 12.8 Å². The van der Waals surface area contributed by atoms with E-state index in [0.717, 1.165) is 38.1 Å². The van der Waals surface area contributed by atoms with E-state index < -0.39 is 0 Å². The van der Waals surface area contributed by atoms with Crippen molar-refractivity contribution in [1.29, 1.82) is 0 Å². The minimum absolute atomic E-state index is 0.310. The van der Waals surface area contributed by atoms with Crippen LogP contribution in [0.5, 0.6) is 0 Å². The summed E-state index contributed by atoms with van der Waals surface area (Å²) in [6.07, 6.45) is 9.41. The van der Waals surface area contributed by atoms with Gasteiger partial charge in [-0.15, -0.1) is 0 Å². The number of carbonyl (C=O) groups excluding carboxylic acids is 1. The average molecular weight is 290 g/mol. The third kappa shape index (κ3) is 3.88. The van der Waals surface area contributed by atoms with Crippen LogP contribution >= 0.6 is 0 Å². The van der Waals surface area contributed by atoms with Gasteiger partial charge in [0.15, 0.2) is 0 Å². The number of hydrogen-bond acceptors (Lipinski definition) is 3. The van der Waals surface area contributed by atoms with E-state index in [4.69, 9.17) is 4.42 Å². The number of rotatable bonds is 6. The summed E-state index contributed by atoms with van der Waals surface area (Å²) in [6, 6.07) is 4.29. The standard InChI is InChI=1S/C17H26N2O2/c20-17(8-7-14-9-10-18-12-14)19(15-4-1-2-5-15)13-16-6-3-11-21-16/h3,6,11,14-15,18H,1-2,4-5,7-10,12-13H2. The monoisotopic (exact) mass is 290 g/mol. The molecule has 0 radical (unpaired) electrons. The molecule has 1 amide bonds. The highest BCUT2D eigenvalue weighted by molar-refractivity contribution is 5.76. The summed E-state index contributed by atoms with van der Waals surface area (Å²) in [5.74, 6) is 1.89. The Morgan fingerprint density at radius 2 is 2.19 bits per heavy atom. The van der Waals surface area contributed by atoms with Crippen LogP contribution in [0.15, 0.2) is 22.8 Å². The van der Waals surface area contributed by atoms with Crippen LogP contribution in [0.4, 0.5) is 0 Å². The highest BCUT2D eigenvalue weighted by atomic mass is 16.3. The van der Waals surface area contributed by atoms with Crippen molar-refractivity contribution in [3.05, 3.63) is 24.2 Å². The van der Waals surface area contributed by atoms with Gasteiger partial charge in [0.25, 0.3) is 0 Å². The van der Waals surface area contributed by atoms with E-state index in [1.54, 1.807) is 6.26 Å². The summed E-state index contributed by atoms with van der Waals surface area (Å²) >= 11 is 0. The molecule has 21 heavy (non-hydrogen) atoms. The fourth-order valence-corrected chi connectivity index (χ4v) is 3.64. The lowest BCUT2D eigenvalue weighted by Crippen LogP contribution is -2.38. The molecule has 1 N–H and O–H groups in total. The molecule has 1 saturated heterocycles. The van der Waals surface area contributed by atoms with Crippen LogP contribution in [0.2, 0.25) is 0 Å². The summed E-state index contributed by atoms with van der Waals surface area (Å²) in [7, 11) is 0. The predicted molar refractivity (Wildman–Crippen MR) is 81.7 cm³/mol. The average Bonchev–Trinajstić information content (AvgIpc) is 3.25. The second-order valence-electron chi connectivity index (χ2n) is 6.44. The Labute approximate surface area is 126 Å². The fraction of sp³-hybridized carbons (Fsp3) is 0.706. The molecule has 2 fully saturated rings. The molecule has 1 atom stereocenters. The van der Waals surface area contributed by atoms with E-state index in [1.807, 2.05) is 12.1 Å². The van der Waals surface area contributed by atoms with Crippen molar-refractivity contribution in [2.75, 3.05) is 13.1 Å². The summed E-state index contributed by atoms with van der Waals surface area (Å²) < 4.78 is 5.45. The van der Waals surface area contributed by atoms with E-state index >= 15 is 0 Å². The summed E-state index contributed by atoms with van der Waals surface area (Å²) in [4.78, 5) is 14.8. The topological polar surface area (TPSA) is 45.5 Å². The van der Waals surface area contributed by atoms with Gasteiger partial charge in [-0.05, 0) is 56.8 Å². The molecular weight excluding hydrogens is 264 g/mol. The van der Waals surface area contributed by atoms with Gasteiger partial charge in [0.1, 0.15) is 5.76 Å². The molecule has 1 aliphatic heterocycles. The first-order chi connectivity index (χ1) is 10.3. The molecule has 1 aromatic rings. The molecule has 4 heteroatoms. The molecule has 2 heterocycles. The molecule has 0 aromatic carbocycles. The third-order valence-electron chi connectivity index (χ3n) is 4.92. The summed E-state index contributed by atoms with van der Waals surface area (Å²) in [5, 5.41) is 3.38. The summed E-state index contributed by atoms with van der Waals surface area (Å²) in [6.45, 7) is 2.83. The molecule has 1 aromatic heterocycles. The van der Waals surface area contributed by atoms with Gasteiger partial charge < -0.3 is 14.6 Å². The van der Waals surface area contributed by atoms with E-state index in [-0.39, 0.29) is 0 Å². The van der Waals surface area contributed by atoms with Crippen molar-refractivity contribution in [3.8, 4) is 0 Å². The zero-order chi connectivity index (χ0) is 14.5. The lowest BCUT2D eigenvalue weighted by atomic mass is 10.0. The predicted octanol–water partition coefficient (Wildman–Crippen LogP) is 2.94. The molecule has 116 valence electrons. The molecule has 1 aliphatic carbocycles. The van der Waals surface area contributed by atoms with E-state index in [0.29, 0.717) is 30.8 Å². The van der Waals surface area contributed by atoms with Gasteiger partial charge >= 0.3 is 0 Å². The molecule has 0 bridgehead atoms.